The Hall–Kier alpha value is -1.95. The van der Waals surface area contributed by atoms with Crippen molar-refractivity contribution in [3.05, 3.63) is 41.8 Å². The Morgan fingerprint density at radius 1 is 1.22 bits per heavy atom. The van der Waals surface area contributed by atoms with Gasteiger partial charge in [0.2, 0.25) is 0 Å². The number of para-hydroxylation sites is 2. The molecule has 1 aromatic carbocycles. The number of nitrogens with one attached hydrogen (secondary N) is 1. The summed E-state index contributed by atoms with van der Waals surface area (Å²) in [4.78, 5) is 7.76. The number of nitrogens with zero attached hydrogens (tertiary/aromatic N) is 2. The molecule has 0 saturated carbocycles. The van der Waals surface area contributed by atoms with Gasteiger partial charge in [0.1, 0.15) is 10.9 Å². The van der Waals surface area contributed by atoms with Crippen LogP contribution in [0.3, 0.4) is 0 Å². The molecule has 2 aromatic rings. The lowest BCUT2D eigenvalue weighted by atomic mass is 10.3. The summed E-state index contributed by atoms with van der Waals surface area (Å²) >= 11 is 5.67. The summed E-state index contributed by atoms with van der Waals surface area (Å²) in [5.74, 6) is 0.363. The van der Waals surface area contributed by atoms with Crippen molar-refractivity contribution in [2.75, 3.05) is 5.32 Å². The van der Waals surface area contributed by atoms with E-state index in [0.29, 0.717) is 11.5 Å². The highest BCUT2D eigenvalue weighted by atomic mass is 35.5. The zero-order valence-corrected chi connectivity index (χ0v) is 9.73. The number of hydrogen-bond donors (Lipinski definition) is 1. The van der Waals surface area contributed by atoms with Gasteiger partial charge in [-0.3, -0.25) is 4.98 Å². The Balaban J connectivity index is 2.23. The van der Waals surface area contributed by atoms with Crippen LogP contribution in [-0.2, 0) is 0 Å². The Bertz CT molecular complexity index is 539. The van der Waals surface area contributed by atoms with Crippen molar-refractivity contribution < 1.29 is 13.5 Å². The smallest absolute Gasteiger partial charge is 0.387 e. The Morgan fingerprint density at radius 2 is 2.00 bits per heavy atom. The number of rotatable bonds is 4. The third-order valence-electron chi connectivity index (χ3n) is 1.97. The van der Waals surface area contributed by atoms with E-state index in [1.165, 1.54) is 18.5 Å². The van der Waals surface area contributed by atoms with Gasteiger partial charge in [-0.05, 0) is 12.1 Å². The molecule has 0 atom stereocenters. The molecule has 0 radical (unpaired) electrons. The maximum absolute atomic E-state index is 12.2. The van der Waals surface area contributed by atoms with E-state index in [-0.39, 0.29) is 10.9 Å². The molecule has 0 amide bonds. The van der Waals surface area contributed by atoms with Crippen molar-refractivity contribution in [1.82, 2.24) is 9.97 Å². The normalized spacial score (nSPS) is 10.4. The second-order valence-corrected chi connectivity index (χ2v) is 3.61. The monoisotopic (exact) mass is 271 g/mol. The zero-order valence-electron chi connectivity index (χ0n) is 8.98. The minimum Gasteiger partial charge on any atom is -0.433 e. The topological polar surface area (TPSA) is 47.0 Å². The highest BCUT2D eigenvalue weighted by molar-refractivity contribution is 6.29. The molecule has 0 aliphatic rings. The third kappa shape index (κ3) is 3.27. The number of ether oxygens (including phenoxy) is 1. The Kier molecular flexibility index (Phi) is 3.88. The van der Waals surface area contributed by atoms with Gasteiger partial charge in [-0.25, -0.2) is 4.98 Å². The van der Waals surface area contributed by atoms with Crippen LogP contribution in [0.1, 0.15) is 0 Å². The van der Waals surface area contributed by atoms with Gasteiger partial charge in [0, 0.05) is 0 Å². The van der Waals surface area contributed by atoms with Crippen LogP contribution < -0.4 is 10.1 Å². The minimum absolute atomic E-state index is 0.0225. The van der Waals surface area contributed by atoms with Crippen LogP contribution in [0.4, 0.5) is 20.3 Å². The zero-order chi connectivity index (χ0) is 13.0. The van der Waals surface area contributed by atoms with E-state index in [0.717, 1.165) is 0 Å². The molecule has 1 aromatic heterocycles. The number of anilines is 2. The summed E-state index contributed by atoms with van der Waals surface area (Å²) in [6, 6.07) is 6.28. The van der Waals surface area contributed by atoms with Crippen molar-refractivity contribution in [1.29, 1.82) is 0 Å². The number of benzene rings is 1. The van der Waals surface area contributed by atoms with Gasteiger partial charge < -0.3 is 10.1 Å². The van der Waals surface area contributed by atoms with Gasteiger partial charge in [0.25, 0.3) is 0 Å². The molecule has 0 spiro atoms. The Morgan fingerprint density at radius 3 is 2.72 bits per heavy atom. The number of aromatic nitrogens is 2. The van der Waals surface area contributed by atoms with Crippen LogP contribution in [0.2, 0.25) is 5.15 Å². The number of hydrogen-bond acceptors (Lipinski definition) is 4. The van der Waals surface area contributed by atoms with E-state index in [9.17, 15) is 8.78 Å². The molecule has 0 fully saturated rings. The molecule has 2 rings (SSSR count). The third-order valence-corrected chi connectivity index (χ3v) is 2.15. The van der Waals surface area contributed by atoms with Crippen molar-refractivity contribution in [3.63, 3.8) is 0 Å². The maximum atomic E-state index is 12.2. The molecule has 1 N–H and O–H groups in total. The summed E-state index contributed by atoms with van der Waals surface area (Å²) in [6.45, 7) is -2.89. The lowest BCUT2D eigenvalue weighted by molar-refractivity contribution is -0.0493. The molecule has 1 heterocycles. The fourth-order valence-electron chi connectivity index (χ4n) is 1.31. The molecule has 0 aliphatic carbocycles. The minimum atomic E-state index is -2.89. The Labute approximate surface area is 107 Å². The highest BCUT2D eigenvalue weighted by Gasteiger charge is 2.09. The van der Waals surface area contributed by atoms with E-state index < -0.39 is 6.61 Å². The fraction of sp³-hybridized carbons (Fsp3) is 0.0909. The molecule has 0 unspecified atom stereocenters. The first-order chi connectivity index (χ1) is 8.65. The number of alkyl halides is 2. The molecule has 0 aliphatic heterocycles. The first-order valence-corrected chi connectivity index (χ1v) is 5.31. The lowest BCUT2D eigenvalue weighted by Crippen LogP contribution is -2.04. The van der Waals surface area contributed by atoms with Gasteiger partial charge in [-0.2, -0.15) is 8.78 Å². The molecule has 4 nitrogen and oxygen atoms in total. The standard InChI is InChI=1S/C11H8ClF2N3O/c12-9-5-15-6-10(17-9)16-7-3-1-2-4-8(7)18-11(13)14/h1-6,11H,(H,16,17). The van der Waals surface area contributed by atoms with Crippen molar-refractivity contribution in [2.45, 2.75) is 6.61 Å². The first-order valence-electron chi connectivity index (χ1n) is 4.93. The molecule has 0 saturated heterocycles. The molecule has 7 heteroatoms. The van der Waals surface area contributed by atoms with E-state index in [2.05, 4.69) is 20.0 Å². The summed E-state index contributed by atoms with van der Waals surface area (Å²) in [5, 5.41) is 3.00. The molecular formula is C11H8ClF2N3O. The van der Waals surface area contributed by atoms with Gasteiger partial charge >= 0.3 is 6.61 Å². The number of halogens is 3. The quantitative estimate of drug-likeness (QED) is 0.925. The van der Waals surface area contributed by atoms with Crippen LogP contribution in [0.5, 0.6) is 5.75 Å². The molecule has 0 bridgehead atoms. The summed E-state index contributed by atoms with van der Waals surface area (Å²) in [7, 11) is 0. The van der Waals surface area contributed by atoms with Gasteiger partial charge in [0.05, 0.1) is 18.1 Å². The van der Waals surface area contributed by atoms with E-state index >= 15 is 0 Å². The fourth-order valence-corrected chi connectivity index (χ4v) is 1.46. The average Bonchev–Trinajstić information content (AvgIpc) is 2.31. The van der Waals surface area contributed by atoms with E-state index in [1.807, 2.05) is 0 Å². The van der Waals surface area contributed by atoms with E-state index in [4.69, 9.17) is 11.6 Å². The maximum Gasteiger partial charge on any atom is 0.387 e. The summed E-state index contributed by atoms with van der Waals surface area (Å²) < 4.78 is 28.8. The lowest BCUT2D eigenvalue weighted by Gasteiger charge is -2.11. The summed E-state index contributed by atoms with van der Waals surface area (Å²) in [5.41, 5.74) is 0.356. The molecule has 18 heavy (non-hydrogen) atoms. The SMILES string of the molecule is FC(F)Oc1ccccc1Nc1cncc(Cl)n1. The average molecular weight is 272 g/mol. The van der Waals surface area contributed by atoms with Crippen LogP contribution in [0.25, 0.3) is 0 Å². The second kappa shape index (κ2) is 5.59. The van der Waals surface area contributed by atoms with Gasteiger partial charge in [-0.1, -0.05) is 23.7 Å². The molecular weight excluding hydrogens is 264 g/mol. The van der Waals surface area contributed by atoms with Crippen LogP contribution in [0, 0.1) is 0 Å². The predicted molar refractivity (Wildman–Crippen MR) is 63.4 cm³/mol. The summed E-state index contributed by atoms with van der Waals surface area (Å²) in [6.07, 6.45) is 2.79. The van der Waals surface area contributed by atoms with Crippen LogP contribution in [-0.4, -0.2) is 16.6 Å². The van der Waals surface area contributed by atoms with Gasteiger partial charge in [-0.15, -0.1) is 0 Å². The molecule has 94 valence electrons. The van der Waals surface area contributed by atoms with Crippen molar-refractivity contribution in [3.8, 4) is 5.75 Å². The predicted octanol–water partition coefficient (Wildman–Crippen LogP) is 3.48. The van der Waals surface area contributed by atoms with E-state index in [1.54, 1.807) is 18.2 Å². The van der Waals surface area contributed by atoms with Crippen molar-refractivity contribution in [2.24, 2.45) is 0 Å². The first kappa shape index (κ1) is 12.5. The highest BCUT2D eigenvalue weighted by Crippen LogP contribution is 2.28. The van der Waals surface area contributed by atoms with Gasteiger partial charge in [0.15, 0.2) is 5.82 Å². The van der Waals surface area contributed by atoms with Crippen LogP contribution in [0.15, 0.2) is 36.7 Å². The largest absolute Gasteiger partial charge is 0.433 e. The van der Waals surface area contributed by atoms with Crippen LogP contribution >= 0.6 is 11.6 Å². The van der Waals surface area contributed by atoms with Crippen molar-refractivity contribution >= 4 is 23.1 Å². The second-order valence-electron chi connectivity index (χ2n) is 3.23.